The van der Waals surface area contributed by atoms with Gasteiger partial charge < -0.3 is 18.7 Å². The molecule has 0 fully saturated rings. The third-order valence-electron chi connectivity index (χ3n) is 2.59. The number of aldehydes is 1. The summed E-state index contributed by atoms with van der Waals surface area (Å²) in [4.78, 5) is 10.8. The van der Waals surface area contributed by atoms with Gasteiger partial charge in [0.05, 0.1) is 7.11 Å². The molecule has 0 saturated carbocycles. The zero-order chi connectivity index (χ0) is 14.4. The molecule has 20 heavy (non-hydrogen) atoms. The molecule has 0 aliphatic heterocycles. The fourth-order valence-corrected chi connectivity index (χ4v) is 1.67. The molecule has 0 aliphatic carbocycles. The van der Waals surface area contributed by atoms with Gasteiger partial charge in [-0.25, -0.2) is 0 Å². The Labute approximate surface area is 116 Å². The summed E-state index contributed by atoms with van der Waals surface area (Å²) in [6, 6.07) is 6.70. The number of nitrogens with zero attached hydrogens (tertiary/aromatic N) is 1. The van der Waals surface area contributed by atoms with Gasteiger partial charge >= 0.3 is 0 Å². The monoisotopic (exact) mass is 277 g/mol. The highest BCUT2D eigenvalue weighted by Gasteiger charge is 2.09. The van der Waals surface area contributed by atoms with Crippen LogP contribution >= 0.6 is 0 Å². The van der Waals surface area contributed by atoms with Crippen LogP contribution in [0.5, 0.6) is 11.5 Å². The Balaban J connectivity index is 2.06. The Hall–Kier alpha value is -2.34. The molecular formula is C14H15NO5. The number of rotatable bonds is 7. The van der Waals surface area contributed by atoms with Crippen LogP contribution in [0.1, 0.15) is 21.8 Å². The molecule has 2 rings (SSSR count). The maximum atomic E-state index is 10.8. The van der Waals surface area contributed by atoms with Crippen LogP contribution in [0.3, 0.4) is 0 Å². The van der Waals surface area contributed by atoms with E-state index in [4.69, 9.17) is 18.7 Å². The van der Waals surface area contributed by atoms with Gasteiger partial charge in [0.1, 0.15) is 25.2 Å². The van der Waals surface area contributed by atoms with Crippen molar-refractivity contribution in [2.24, 2.45) is 0 Å². The second-order valence-corrected chi connectivity index (χ2v) is 4.03. The van der Waals surface area contributed by atoms with Crippen molar-refractivity contribution in [3.63, 3.8) is 0 Å². The van der Waals surface area contributed by atoms with E-state index in [2.05, 4.69) is 5.16 Å². The Kier molecular flexibility index (Phi) is 4.73. The standard InChI is InChI=1S/C14H15NO5/c1-17-9-12-6-11(15-20-12)8-19-14-5-10(7-16)3-4-13(14)18-2/h3-7H,8-9H2,1-2H3. The Morgan fingerprint density at radius 1 is 1.20 bits per heavy atom. The first-order chi connectivity index (χ1) is 9.76. The van der Waals surface area contributed by atoms with E-state index >= 15 is 0 Å². The predicted molar refractivity (Wildman–Crippen MR) is 69.9 cm³/mol. The van der Waals surface area contributed by atoms with Gasteiger partial charge in [0.15, 0.2) is 17.3 Å². The highest BCUT2D eigenvalue weighted by molar-refractivity contribution is 5.76. The lowest BCUT2D eigenvalue weighted by Crippen LogP contribution is -1.98. The van der Waals surface area contributed by atoms with Crippen molar-refractivity contribution in [1.82, 2.24) is 5.16 Å². The van der Waals surface area contributed by atoms with Crippen molar-refractivity contribution in [2.45, 2.75) is 13.2 Å². The van der Waals surface area contributed by atoms with Crippen LogP contribution < -0.4 is 9.47 Å². The van der Waals surface area contributed by atoms with E-state index in [9.17, 15) is 4.79 Å². The molecule has 0 bridgehead atoms. The fraction of sp³-hybridized carbons (Fsp3) is 0.286. The highest BCUT2D eigenvalue weighted by Crippen LogP contribution is 2.28. The maximum Gasteiger partial charge on any atom is 0.162 e. The molecule has 2 aromatic rings. The normalized spacial score (nSPS) is 10.3. The van der Waals surface area contributed by atoms with Gasteiger partial charge in [0, 0.05) is 18.7 Å². The molecular weight excluding hydrogens is 262 g/mol. The van der Waals surface area contributed by atoms with Crippen LogP contribution in [0.2, 0.25) is 0 Å². The zero-order valence-corrected chi connectivity index (χ0v) is 11.3. The quantitative estimate of drug-likeness (QED) is 0.723. The average Bonchev–Trinajstić information content (AvgIpc) is 2.93. The third-order valence-corrected chi connectivity index (χ3v) is 2.59. The van der Waals surface area contributed by atoms with Crippen molar-refractivity contribution < 1.29 is 23.5 Å². The molecule has 1 aromatic heterocycles. The van der Waals surface area contributed by atoms with Gasteiger partial charge in [-0.15, -0.1) is 0 Å². The lowest BCUT2D eigenvalue weighted by molar-refractivity contribution is 0.112. The second-order valence-electron chi connectivity index (χ2n) is 4.03. The minimum absolute atomic E-state index is 0.214. The smallest absolute Gasteiger partial charge is 0.162 e. The summed E-state index contributed by atoms with van der Waals surface area (Å²) in [5.74, 6) is 1.66. The van der Waals surface area contributed by atoms with E-state index in [0.29, 0.717) is 35.1 Å². The molecule has 0 radical (unpaired) electrons. The highest BCUT2D eigenvalue weighted by atomic mass is 16.5. The summed E-state index contributed by atoms with van der Waals surface area (Å²) in [6.45, 7) is 0.572. The van der Waals surface area contributed by atoms with Crippen LogP contribution in [-0.2, 0) is 18.0 Å². The topological polar surface area (TPSA) is 70.8 Å². The van der Waals surface area contributed by atoms with E-state index in [1.165, 1.54) is 7.11 Å². The van der Waals surface area contributed by atoms with Crippen LogP contribution in [0.15, 0.2) is 28.8 Å². The Morgan fingerprint density at radius 3 is 2.75 bits per heavy atom. The summed E-state index contributed by atoms with van der Waals surface area (Å²) < 4.78 is 20.8. The maximum absolute atomic E-state index is 10.8. The van der Waals surface area contributed by atoms with Gasteiger partial charge in [-0.1, -0.05) is 5.16 Å². The average molecular weight is 277 g/mol. The van der Waals surface area contributed by atoms with Gasteiger partial charge in [-0.05, 0) is 18.2 Å². The lowest BCUT2D eigenvalue weighted by Gasteiger charge is -2.09. The molecule has 0 unspecified atom stereocenters. The first kappa shape index (κ1) is 14.1. The molecule has 0 N–H and O–H groups in total. The number of ether oxygens (including phenoxy) is 3. The summed E-state index contributed by atoms with van der Waals surface area (Å²) in [6.07, 6.45) is 0.749. The molecule has 1 aromatic carbocycles. The number of carbonyl (C=O) groups excluding carboxylic acids is 1. The summed E-state index contributed by atoms with van der Waals surface area (Å²) in [7, 11) is 3.12. The van der Waals surface area contributed by atoms with E-state index in [0.717, 1.165) is 6.29 Å². The number of methoxy groups -OCH3 is 2. The molecule has 0 atom stereocenters. The van der Waals surface area contributed by atoms with Crippen molar-refractivity contribution in [3.8, 4) is 11.5 Å². The van der Waals surface area contributed by atoms with Gasteiger partial charge in [0.2, 0.25) is 0 Å². The van der Waals surface area contributed by atoms with Crippen molar-refractivity contribution in [1.29, 1.82) is 0 Å². The zero-order valence-electron chi connectivity index (χ0n) is 11.3. The predicted octanol–water partition coefficient (Wildman–Crippen LogP) is 2.22. The minimum Gasteiger partial charge on any atom is -0.493 e. The Morgan fingerprint density at radius 2 is 2.05 bits per heavy atom. The molecule has 6 heteroatoms. The molecule has 0 amide bonds. The molecule has 6 nitrogen and oxygen atoms in total. The molecule has 0 spiro atoms. The first-order valence-corrected chi connectivity index (χ1v) is 5.96. The molecule has 1 heterocycles. The fourth-order valence-electron chi connectivity index (χ4n) is 1.67. The van der Waals surface area contributed by atoms with Crippen molar-refractivity contribution in [3.05, 3.63) is 41.3 Å². The van der Waals surface area contributed by atoms with Gasteiger partial charge in [-0.3, -0.25) is 4.79 Å². The second kappa shape index (κ2) is 6.72. The van der Waals surface area contributed by atoms with Gasteiger partial charge in [-0.2, -0.15) is 0 Å². The number of hydrogen-bond acceptors (Lipinski definition) is 6. The van der Waals surface area contributed by atoms with Crippen LogP contribution in [0, 0.1) is 0 Å². The first-order valence-electron chi connectivity index (χ1n) is 5.96. The largest absolute Gasteiger partial charge is 0.493 e. The summed E-state index contributed by atoms with van der Waals surface area (Å²) in [5, 5.41) is 3.86. The van der Waals surface area contributed by atoms with E-state index in [1.54, 1.807) is 31.4 Å². The van der Waals surface area contributed by atoms with Crippen LogP contribution in [0.25, 0.3) is 0 Å². The SMILES string of the molecule is COCc1cc(COc2cc(C=O)ccc2OC)no1. The van der Waals surface area contributed by atoms with E-state index in [-0.39, 0.29) is 6.61 Å². The summed E-state index contributed by atoms with van der Waals surface area (Å²) >= 11 is 0. The van der Waals surface area contributed by atoms with Crippen LogP contribution in [0.4, 0.5) is 0 Å². The van der Waals surface area contributed by atoms with Crippen LogP contribution in [-0.4, -0.2) is 25.7 Å². The Bertz CT molecular complexity index is 579. The number of hydrogen-bond donors (Lipinski definition) is 0. The number of benzene rings is 1. The summed E-state index contributed by atoms with van der Waals surface area (Å²) in [5.41, 5.74) is 1.15. The lowest BCUT2D eigenvalue weighted by atomic mass is 10.2. The number of aromatic nitrogens is 1. The van der Waals surface area contributed by atoms with Gasteiger partial charge in [0.25, 0.3) is 0 Å². The third kappa shape index (κ3) is 3.36. The minimum atomic E-state index is 0.214. The molecule has 106 valence electrons. The van der Waals surface area contributed by atoms with E-state index in [1.807, 2.05) is 0 Å². The molecule has 0 saturated heterocycles. The van der Waals surface area contributed by atoms with Crippen molar-refractivity contribution >= 4 is 6.29 Å². The number of carbonyl (C=O) groups is 1. The van der Waals surface area contributed by atoms with E-state index < -0.39 is 0 Å². The molecule has 0 aliphatic rings. The van der Waals surface area contributed by atoms with Crippen molar-refractivity contribution in [2.75, 3.05) is 14.2 Å².